The van der Waals surface area contributed by atoms with Crippen molar-refractivity contribution in [2.24, 2.45) is 0 Å². The van der Waals surface area contributed by atoms with Gasteiger partial charge in [-0.25, -0.2) is 4.79 Å². The van der Waals surface area contributed by atoms with Crippen LogP contribution in [0.3, 0.4) is 0 Å². The van der Waals surface area contributed by atoms with Gasteiger partial charge in [-0.3, -0.25) is 4.79 Å². The third-order valence-corrected chi connectivity index (χ3v) is 7.47. The van der Waals surface area contributed by atoms with E-state index in [9.17, 15) is 70.9 Å². The molecule has 0 saturated carbocycles. The summed E-state index contributed by atoms with van der Waals surface area (Å²) < 4.78 is 26.7. The number of ether oxygens (including phenoxy) is 5. The van der Waals surface area contributed by atoms with E-state index in [-0.39, 0.29) is 0 Å². The third kappa shape index (κ3) is 7.58. The van der Waals surface area contributed by atoms with E-state index in [1.54, 1.807) is 0 Å². The van der Waals surface area contributed by atoms with E-state index in [4.69, 9.17) is 23.7 Å². The molecule has 0 bridgehead atoms. The fourth-order valence-electron chi connectivity index (χ4n) is 5.05. The molecule has 3 fully saturated rings. The highest BCUT2D eigenvalue weighted by Gasteiger charge is 2.57. The minimum absolute atomic E-state index is 0.719. The van der Waals surface area contributed by atoms with Gasteiger partial charge in [-0.1, -0.05) is 0 Å². The second-order valence-corrected chi connectivity index (χ2v) is 10.5. The van der Waals surface area contributed by atoms with Crippen LogP contribution in [0.5, 0.6) is 0 Å². The lowest BCUT2D eigenvalue weighted by atomic mass is 9.88. The van der Waals surface area contributed by atoms with Crippen molar-refractivity contribution < 1.29 is 94.6 Å². The van der Waals surface area contributed by atoms with Crippen LogP contribution in [0.15, 0.2) is 0 Å². The van der Waals surface area contributed by atoms with Gasteiger partial charge < -0.3 is 90.3 Å². The van der Waals surface area contributed by atoms with Crippen molar-refractivity contribution >= 4 is 11.9 Å². The van der Waals surface area contributed by atoms with E-state index in [1.807, 2.05) is 0 Å². The fraction of sp³-hybridized carbons (Fsp3) is 0.913. The van der Waals surface area contributed by atoms with Crippen molar-refractivity contribution in [3.05, 3.63) is 0 Å². The number of amides is 1. The number of carbonyl (C=O) groups excluding carboxylic acids is 1. The Hall–Kier alpha value is -1.70. The number of hydrogen-bond acceptors (Lipinski definition) is 18. The Balaban J connectivity index is 1.82. The molecule has 0 aromatic carbocycles. The lowest BCUT2D eigenvalue weighted by Gasteiger charge is -2.48. The molecule has 16 atom stereocenters. The number of carboxylic acids is 1. The van der Waals surface area contributed by atoms with Gasteiger partial charge in [0, 0.05) is 13.3 Å². The predicted molar refractivity (Wildman–Crippen MR) is 130 cm³/mol. The average molecular weight is 634 g/mol. The highest BCUT2D eigenvalue weighted by molar-refractivity contribution is 5.76. The standard InChI is InChI=1S/C23H39NO19/c1-6(27)24-11-7(28)2-23(22(37)38,43-19(11)12(30)8(29)3-25)39-5-10-13(31)14(32)17(35)21(41-10)42-18-9(4-26)40-20(36)16(34)15(18)33/h7-21,25-26,28-36H,2-5H2,1H3,(H,24,27)(H,37,38)/t7-,8+,9+,10+,11+,12+,13-,14-,15+,16+,17+,18+,19+,20-,21-,23-/m0/s1. The first-order chi connectivity index (χ1) is 20.1. The molecule has 1 amide bonds. The van der Waals surface area contributed by atoms with Crippen LogP contribution in [0.4, 0.5) is 0 Å². The van der Waals surface area contributed by atoms with Gasteiger partial charge in [0.05, 0.1) is 32.0 Å². The summed E-state index contributed by atoms with van der Waals surface area (Å²) in [5.74, 6) is -5.42. The third-order valence-electron chi connectivity index (χ3n) is 7.47. The van der Waals surface area contributed by atoms with Crippen LogP contribution in [0, 0.1) is 0 Å². The smallest absolute Gasteiger partial charge is 0.364 e. The summed E-state index contributed by atoms with van der Waals surface area (Å²) in [4.78, 5) is 24.0. The largest absolute Gasteiger partial charge is 0.477 e. The maximum Gasteiger partial charge on any atom is 0.364 e. The molecule has 20 nitrogen and oxygen atoms in total. The molecule has 250 valence electrons. The monoisotopic (exact) mass is 633 g/mol. The van der Waals surface area contributed by atoms with Crippen LogP contribution in [-0.2, 0) is 33.3 Å². The second-order valence-electron chi connectivity index (χ2n) is 10.5. The first-order valence-corrected chi connectivity index (χ1v) is 13.2. The average Bonchev–Trinajstić information content (AvgIpc) is 2.96. The van der Waals surface area contributed by atoms with Crippen LogP contribution in [-0.4, -0.2) is 191 Å². The number of aliphatic hydroxyl groups excluding tert-OH is 11. The minimum Gasteiger partial charge on any atom is -0.477 e. The molecule has 3 saturated heterocycles. The summed E-state index contributed by atoms with van der Waals surface area (Å²) in [6.45, 7) is -1.76. The van der Waals surface area contributed by atoms with E-state index in [1.165, 1.54) is 0 Å². The molecule has 0 spiro atoms. The van der Waals surface area contributed by atoms with Gasteiger partial charge in [0.15, 0.2) is 12.6 Å². The van der Waals surface area contributed by atoms with Gasteiger partial charge in [0.2, 0.25) is 5.91 Å². The van der Waals surface area contributed by atoms with Crippen LogP contribution in [0.25, 0.3) is 0 Å². The SMILES string of the molecule is CC(=O)N[C@H]1[C@H]([C@H](O)[C@H](O)CO)O[C@](OC[C@H]2O[C@@H](O[C@H]3[C@H](O)[C@@H](O)[C@@H](O)O[C@@H]3CO)[C@H](O)[C@@H](O)[C@H]2O)(C(=O)O)C[C@@H]1O. The zero-order valence-corrected chi connectivity index (χ0v) is 22.7. The van der Waals surface area contributed by atoms with Gasteiger partial charge in [-0.05, 0) is 0 Å². The molecule has 13 N–H and O–H groups in total. The minimum atomic E-state index is -2.83. The number of carbonyl (C=O) groups is 2. The molecule has 0 aromatic heterocycles. The molecule has 3 aliphatic heterocycles. The van der Waals surface area contributed by atoms with Gasteiger partial charge in [-0.2, -0.15) is 0 Å². The topological polar surface area (TPSA) is 335 Å². The van der Waals surface area contributed by atoms with Crippen molar-refractivity contribution in [2.75, 3.05) is 19.8 Å². The number of nitrogens with one attached hydrogen (secondary N) is 1. The van der Waals surface area contributed by atoms with Crippen LogP contribution in [0.2, 0.25) is 0 Å². The van der Waals surface area contributed by atoms with E-state index < -0.39 is 136 Å². The zero-order valence-electron chi connectivity index (χ0n) is 22.7. The number of rotatable bonds is 11. The van der Waals surface area contributed by atoms with Crippen LogP contribution >= 0.6 is 0 Å². The molecule has 0 aliphatic carbocycles. The number of aliphatic hydroxyl groups is 11. The lowest BCUT2D eigenvalue weighted by molar-refractivity contribution is -0.364. The first-order valence-electron chi connectivity index (χ1n) is 13.2. The van der Waals surface area contributed by atoms with Crippen molar-refractivity contribution in [3.63, 3.8) is 0 Å². The Morgan fingerprint density at radius 1 is 0.930 bits per heavy atom. The second kappa shape index (κ2) is 14.6. The van der Waals surface area contributed by atoms with E-state index in [2.05, 4.69) is 5.32 Å². The molecule has 20 heteroatoms. The van der Waals surface area contributed by atoms with Gasteiger partial charge in [0.25, 0.3) is 5.79 Å². The number of hydrogen-bond donors (Lipinski definition) is 13. The molecular weight excluding hydrogens is 594 g/mol. The summed E-state index contributed by atoms with van der Waals surface area (Å²) in [5, 5.41) is 123. The predicted octanol–water partition coefficient (Wildman–Crippen LogP) is -8.22. The van der Waals surface area contributed by atoms with Crippen molar-refractivity contribution in [1.82, 2.24) is 5.32 Å². The molecule has 3 aliphatic rings. The van der Waals surface area contributed by atoms with E-state index >= 15 is 0 Å². The molecule has 3 heterocycles. The van der Waals surface area contributed by atoms with Crippen LogP contribution < -0.4 is 5.32 Å². The van der Waals surface area contributed by atoms with Gasteiger partial charge in [0.1, 0.15) is 67.1 Å². The Morgan fingerprint density at radius 3 is 2.14 bits per heavy atom. The molecule has 0 radical (unpaired) electrons. The summed E-state index contributed by atoms with van der Waals surface area (Å²) in [5.41, 5.74) is 0. The van der Waals surface area contributed by atoms with Crippen molar-refractivity contribution in [3.8, 4) is 0 Å². The Morgan fingerprint density at radius 2 is 1.58 bits per heavy atom. The Kier molecular flexibility index (Phi) is 12.1. The van der Waals surface area contributed by atoms with Crippen molar-refractivity contribution in [2.45, 2.75) is 111 Å². The van der Waals surface area contributed by atoms with E-state index in [0.717, 1.165) is 6.92 Å². The maximum absolute atomic E-state index is 12.3. The van der Waals surface area contributed by atoms with Crippen molar-refractivity contribution in [1.29, 1.82) is 0 Å². The normalized spacial score (nSPS) is 45.3. The maximum atomic E-state index is 12.3. The highest BCUT2D eigenvalue weighted by Crippen LogP contribution is 2.35. The molecule has 0 aromatic rings. The quantitative estimate of drug-likeness (QED) is 0.100. The van der Waals surface area contributed by atoms with Gasteiger partial charge >= 0.3 is 5.97 Å². The number of carboxylic acid groups (broad SMARTS) is 1. The zero-order chi connectivity index (χ0) is 32.4. The highest BCUT2D eigenvalue weighted by atomic mass is 16.8. The Labute approximate surface area is 243 Å². The van der Waals surface area contributed by atoms with Crippen LogP contribution in [0.1, 0.15) is 13.3 Å². The Bertz CT molecular complexity index is 942. The molecule has 3 rings (SSSR count). The first kappa shape index (κ1) is 35.8. The number of aliphatic carboxylic acids is 1. The summed E-state index contributed by atoms with van der Waals surface area (Å²) in [7, 11) is 0. The molecular formula is C23H39NO19. The summed E-state index contributed by atoms with van der Waals surface area (Å²) in [6.07, 6.45) is -27.0. The molecule has 43 heavy (non-hydrogen) atoms. The summed E-state index contributed by atoms with van der Waals surface area (Å²) in [6, 6.07) is -1.48. The lowest BCUT2D eigenvalue weighted by Crippen LogP contribution is -2.68. The molecule has 0 unspecified atom stereocenters. The fourth-order valence-corrected chi connectivity index (χ4v) is 5.05. The summed E-state index contributed by atoms with van der Waals surface area (Å²) >= 11 is 0. The van der Waals surface area contributed by atoms with E-state index in [0.29, 0.717) is 0 Å². The van der Waals surface area contributed by atoms with Gasteiger partial charge in [-0.15, -0.1) is 0 Å².